The molecule has 0 spiro atoms. The number of morpholine rings is 1. The molecule has 436 valence electrons. The minimum Gasteiger partial charge on any atom is -0.463 e. The standard InChI is InChI=1S/C16H19F2N3.C12H19N3O.C11H17NO2S.C10H16N2O.C8H17NO2S.CH4/c1-15(2,3)7-14-20-9-12(10-21-14)11-5-6-13(19-8-11)16(4,17)18;1-10(2)9-11-13-4-3-12(14-11)15-5-7-16-8-6-15;1-10(2)8-9-12-15(13,14)11-6-4-3-5-7-11;1-10(2,3)5-8-13-9-11-6-4-7-12-9;1-7(2)5-6-9-12(10,11)8-3-4-8;/h5-6,8-10H,7H2,1-4H3;3-4,10H,5-9H2,1-2H3;3-7,10,12H,8-9H2,1-2H3;4,6-7H,5,8H2,1-3H3;7-9H,3-6H2,1-2H3;1H4. The average molecular weight is 1130 g/mol. The molecule has 16 nitrogen and oxygen atoms in total. The molecule has 0 unspecified atom stereocenters. The average Bonchev–Trinajstić information content (AvgIpc) is 4.22. The number of pyridine rings is 1. The molecule has 0 radical (unpaired) electrons. The number of aromatic nitrogens is 7. The van der Waals surface area contributed by atoms with Crippen LogP contribution in [-0.2, 0) is 43.5 Å². The van der Waals surface area contributed by atoms with E-state index in [4.69, 9.17) is 9.47 Å². The van der Waals surface area contributed by atoms with Crippen LogP contribution in [0.4, 0.5) is 14.6 Å². The summed E-state index contributed by atoms with van der Waals surface area (Å²) in [5.41, 5.74) is 1.68. The van der Waals surface area contributed by atoms with E-state index >= 15 is 0 Å². The largest absolute Gasteiger partial charge is 0.463 e. The quantitative estimate of drug-likeness (QED) is 0.0790. The molecule has 1 saturated heterocycles. The lowest BCUT2D eigenvalue weighted by Crippen LogP contribution is -2.36. The Labute approximate surface area is 467 Å². The Morgan fingerprint density at radius 1 is 0.667 bits per heavy atom. The van der Waals surface area contributed by atoms with E-state index in [1.165, 1.54) is 12.3 Å². The molecule has 1 aliphatic heterocycles. The number of rotatable bonds is 19. The van der Waals surface area contributed by atoms with Gasteiger partial charge in [-0.1, -0.05) is 115 Å². The van der Waals surface area contributed by atoms with Gasteiger partial charge in [0.1, 0.15) is 23.2 Å². The topological polar surface area (TPSA) is 204 Å². The Morgan fingerprint density at radius 3 is 1.74 bits per heavy atom. The van der Waals surface area contributed by atoms with Gasteiger partial charge in [-0.15, -0.1) is 0 Å². The zero-order chi connectivity index (χ0) is 57.3. The SMILES string of the molecule is C.CC(C)(C)CCOc1ncccn1.CC(C)(C)Cc1ncc(-c2ccc(C(C)(F)F)nc2)cn1.CC(C)CCNS(=O)(=O)C1CC1.CC(C)CCNS(=O)(=O)c1ccccc1.CC(C)Cc1nccc(N2CCOCC2)n1. The number of sulfonamides is 2. The number of benzene rings is 1. The summed E-state index contributed by atoms with van der Waals surface area (Å²) in [6.07, 6.45) is 16.2. The summed E-state index contributed by atoms with van der Waals surface area (Å²) in [5, 5.41) is -0.0790. The summed E-state index contributed by atoms with van der Waals surface area (Å²) >= 11 is 0. The molecule has 0 amide bonds. The minimum atomic E-state index is -3.31. The molecule has 0 atom stereocenters. The predicted molar refractivity (Wildman–Crippen MR) is 310 cm³/mol. The van der Waals surface area contributed by atoms with Crippen molar-refractivity contribution >= 4 is 25.9 Å². The van der Waals surface area contributed by atoms with Crippen LogP contribution < -0.4 is 19.1 Å². The van der Waals surface area contributed by atoms with Crippen LogP contribution in [0.5, 0.6) is 6.01 Å². The van der Waals surface area contributed by atoms with Gasteiger partial charge in [0.2, 0.25) is 20.0 Å². The maximum absolute atomic E-state index is 13.1. The molecule has 2 aliphatic rings. The molecule has 20 heteroatoms. The van der Waals surface area contributed by atoms with E-state index < -0.39 is 26.0 Å². The lowest BCUT2D eigenvalue weighted by molar-refractivity contribution is 0.0128. The molecule has 1 aliphatic carbocycles. The Bertz CT molecular complexity index is 2630. The van der Waals surface area contributed by atoms with Crippen molar-refractivity contribution in [2.75, 3.05) is 50.9 Å². The first-order chi connectivity index (χ1) is 36.0. The number of nitrogens with zero attached hydrogens (tertiary/aromatic N) is 8. The van der Waals surface area contributed by atoms with Crippen LogP contribution in [0.25, 0.3) is 11.1 Å². The lowest BCUT2D eigenvalue weighted by atomic mass is 9.92. The van der Waals surface area contributed by atoms with Gasteiger partial charge < -0.3 is 14.4 Å². The minimum absolute atomic E-state index is 0. The highest BCUT2D eigenvalue weighted by molar-refractivity contribution is 7.90. The highest BCUT2D eigenvalue weighted by Crippen LogP contribution is 2.28. The van der Waals surface area contributed by atoms with Gasteiger partial charge in [0.05, 0.1) is 30.0 Å². The number of ether oxygens (including phenoxy) is 2. The van der Waals surface area contributed by atoms with E-state index in [0.29, 0.717) is 53.8 Å². The maximum Gasteiger partial charge on any atom is 0.316 e. The Balaban J connectivity index is 0.000000337. The van der Waals surface area contributed by atoms with Gasteiger partial charge in [0.15, 0.2) is 0 Å². The third-order valence-electron chi connectivity index (χ3n) is 11.2. The van der Waals surface area contributed by atoms with Gasteiger partial charge in [-0.05, 0) is 91.0 Å². The molecule has 5 aromatic rings. The highest BCUT2D eigenvalue weighted by Gasteiger charge is 2.35. The van der Waals surface area contributed by atoms with Crippen molar-refractivity contribution in [3.63, 3.8) is 0 Å². The highest BCUT2D eigenvalue weighted by atomic mass is 32.2. The van der Waals surface area contributed by atoms with Crippen LogP contribution in [0.1, 0.15) is 147 Å². The molecule has 78 heavy (non-hydrogen) atoms. The van der Waals surface area contributed by atoms with Crippen LogP contribution >= 0.6 is 0 Å². The number of anilines is 1. The van der Waals surface area contributed by atoms with Crippen molar-refractivity contribution in [3.05, 3.63) is 109 Å². The molecule has 0 bridgehead atoms. The Morgan fingerprint density at radius 2 is 1.24 bits per heavy atom. The first-order valence-corrected chi connectivity index (χ1v) is 29.8. The number of halogens is 2. The normalized spacial score (nSPS) is 13.8. The summed E-state index contributed by atoms with van der Waals surface area (Å²) in [7, 11) is -6.24. The van der Waals surface area contributed by atoms with E-state index in [0.717, 1.165) is 107 Å². The van der Waals surface area contributed by atoms with Gasteiger partial charge in [-0.3, -0.25) is 4.98 Å². The van der Waals surface area contributed by atoms with Crippen molar-refractivity contribution in [1.29, 1.82) is 0 Å². The van der Waals surface area contributed by atoms with Crippen LogP contribution in [0.3, 0.4) is 0 Å². The summed E-state index contributed by atoms with van der Waals surface area (Å²) < 4.78 is 88.0. The molecular formula is C58H92F2N10O6S2. The van der Waals surface area contributed by atoms with Gasteiger partial charge in [0, 0.05) is 94.3 Å². The lowest BCUT2D eigenvalue weighted by Gasteiger charge is -2.27. The second kappa shape index (κ2) is 33.4. The van der Waals surface area contributed by atoms with Crippen molar-refractivity contribution in [3.8, 4) is 17.1 Å². The molecule has 2 N–H and O–H groups in total. The number of hydrogen-bond acceptors (Lipinski definition) is 14. The summed E-state index contributed by atoms with van der Waals surface area (Å²) in [6, 6.07) is 15.6. The van der Waals surface area contributed by atoms with Gasteiger partial charge in [-0.25, -0.2) is 56.2 Å². The number of hydrogen-bond donors (Lipinski definition) is 2. The van der Waals surface area contributed by atoms with E-state index in [2.05, 4.69) is 132 Å². The van der Waals surface area contributed by atoms with E-state index in [-0.39, 0.29) is 23.8 Å². The van der Waals surface area contributed by atoms with Crippen LogP contribution in [-0.4, -0.2) is 103 Å². The molecular weight excluding hydrogens is 1030 g/mol. The summed E-state index contributed by atoms with van der Waals surface area (Å²) in [6.45, 7) is 31.6. The van der Waals surface area contributed by atoms with Crippen LogP contribution in [0.2, 0.25) is 0 Å². The first kappa shape index (κ1) is 69.0. The van der Waals surface area contributed by atoms with Crippen LogP contribution in [0, 0.1) is 28.6 Å². The fraction of sp³-hybridized carbons (Fsp3) is 0.603. The smallest absolute Gasteiger partial charge is 0.316 e. The van der Waals surface area contributed by atoms with Crippen molar-refractivity contribution in [1.82, 2.24) is 44.3 Å². The first-order valence-electron chi connectivity index (χ1n) is 26.8. The Hall–Kier alpha value is -5.15. The van der Waals surface area contributed by atoms with E-state index in [9.17, 15) is 25.6 Å². The second-order valence-corrected chi connectivity index (χ2v) is 26.7. The third-order valence-corrected chi connectivity index (χ3v) is 14.7. The molecule has 1 saturated carbocycles. The summed E-state index contributed by atoms with van der Waals surface area (Å²) in [4.78, 5) is 31.9. The van der Waals surface area contributed by atoms with Crippen molar-refractivity contribution in [2.24, 2.45) is 28.6 Å². The number of alkyl halides is 2. The molecule has 7 rings (SSSR count). The van der Waals surface area contributed by atoms with E-state index in [1.807, 2.05) is 12.3 Å². The molecule has 5 heterocycles. The fourth-order valence-corrected chi connectivity index (χ4v) is 9.14. The van der Waals surface area contributed by atoms with Gasteiger partial charge in [-0.2, -0.15) is 8.78 Å². The third kappa shape index (κ3) is 29.7. The van der Waals surface area contributed by atoms with Crippen LogP contribution in [0.15, 0.2) is 96.7 Å². The fourth-order valence-electron chi connectivity index (χ4n) is 6.67. The molecule has 1 aromatic carbocycles. The van der Waals surface area contributed by atoms with Gasteiger partial charge >= 0.3 is 6.01 Å². The Kier molecular flexibility index (Phi) is 29.6. The van der Waals surface area contributed by atoms with Gasteiger partial charge in [0.25, 0.3) is 5.92 Å². The maximum atomic E-state index is 13.1. The van der Waals surface area contributed by atoms with Crippen molar-refractivity contribution in [2.45, 2.75) is 158 Å². The zero-order valence-corrected chi connectivity index (χ0v) is 49.6. The predicted octanol–water partition coefficient (Wildman–Crippen LogP) is 11.8. The zero-order valence-electron chi connectivity index (χ0n) is 48.0. The molecule has 4 aromatic heterocycles. The molecule has 2 fully saturated rings. The number of nitrogens with one attached hydrogen (secondary N) is 2. The monoisotopic (exact) mass is 1130 g/mol. The van der Waals surface area contributed by atoms with E-state index in [1.54, 1.807) is 67.3 Å². The summed E-state index contributed by atoms with van der Waals surface area (Å²) in [5.74, 6) is 1.49. The van der Waals surface area contributed by atoms with Crippen molar-refractivity contribution < 1.29 is 35.1 Å². The second-order valence-electron chi connectivity index (χ2n) is 22.9.